The molecule has 9 unspecified atom stereocenters. The Morgan fingerprint density at radius 2 is 0.820 bits per heavy atom. The van der Waals surface area contributed by atoms with Crippen LogP contribution in [0.25, 0.3) is 0 Å². The number of hydrogen-bond acceptors (Lipinski definition) is 19. The van der Waals surface area contributed by atoms with Gasteiger partial charge in [0.2, 0.25) is 11.8 Å². The van der Waals surface area contributed by atoms with Crippen LogP contribution in [0.2, 0.25) is 0 Å². The van der Waals surface area contributed by atoms with Gasteiger partial charge >= 0.3 is 11.9 Å². The highest BCUT2D eigenvalue weighted by atomic mass is 16.6. The Morgan fingerprint density at radius 3 is 1.22 bits per heavy atom. The second-order valence-corrected chi connectivity index (χ2v) is 25.2. The smallest absolute Gasteiger partial charge is 0.335 e. The van der Waals surface area contributed by atoms with Gasteiger partial charge in [-0.25, -0.2) is 9.59 Å². The maximum atomic E-state index is 11.2. The predicted molar refractivity (Wildman–Crippen MR) is 369 cm³/mol. The normalized spacial score (nSPS) is 26.3. The number of benzene rings is 6. The summed E-state index contributed by atoms with van der Waals surface area (Å²) in [7, 11) is 0. The van der Waals surface area contributed by atoms with Crippen molar-refractivity contribution >= 4 is 23.8 Å². The van der Waals surface area contributed by atoms with Crippen molar-refractivity contribution in [2.75, 3.05) is 46.2 Å². The Kier molecular flexibility index (Phi) is 35.8. The average molecular weight is 1390 g/mol. The first-order chi connectivity index (χ1) is 48.5. The molecule has 1 aliphatic carbocycles. The standard InChI is InChI=1S/C21H26O2.2C15H21NO4.C13H16O6.C13H16O5/c1-3-8-18(9-4-1)15-22-16-20-12-7-13-21(14-20)23-17-19-10-5-2-6-11-19;2*1-11(18)16-14-10-19-13(8-17)7-15(14)20-9-12-5-3-2-4-6-12;14-9-7-19-12(13(16)17)10(15)11(9)18-6-8-4-2-1-3-5-8;14-10-8-18-12(13(15)16)6-11(10)17-7-9-4-2-1-3-5-9/h1-6,8-11,20-21H,7,12-17H2;2*2-6,13-15,17H,7-10H2,1H3,(H,16,18);1-5,9-12,14-15H,6-7H2,(H,16,17);1-5,10-12,14H,6-8H2,(H,15,16)/t20?,21-;2*13?,14?,15-;9?,10-,11-,12?;10?,11-,12?/m01101/s1. The number of hydrogen-bond donors (Lipinski definition) is 9. The number of carboxylic acids is 2. The molecule has 0 radical (unpaired) electrons. The van der Waals surface area contributed by atoms with Crippen molar-refractivity contribution in [3.63, 3.8) is 0 Å². The molecule has 23 heteroatoms. The Morgan fingerprint density at radius 1 is 0.430 bits per heavy atom. The number of aliphatic hydroxyl groups is 5. The van der Waals surface area contributed by atoms with Gasteiger partial charge in [-0.1, -0.05) is 188 Å². The molecule has 100 heavy (non-hydrogen) atoms. The Balaban J connectivity index is 0.000000176. The van der Waals surface area contributed by atoms with E-state index >= 15 is 0 Å². The second-order valence-electron chi connectivity index (χ2n) is 25.2. The second kappa shape index (κ2) is 44.8. The minimum absolute atomic E-state index is 0.00355. The number of carbonyl (C=O) groups is 4. The van der Waals surface area contributed by atoms with E-state index in [-0.39, 0.29) is 87.8 Å². The molecule has 15 atom stereocenters. The van der Waals surface area contributed by atoms with E-state index in [1.807, 2.05) is 133 Å². The fraction of sp³-hybridized carbons (Fsp3) is 0.481. The van der Waals surface area contributed by atoms with Gasteiger partial charge in [0.25, 0.3) is 0 Å². The molecule has 5 aliphatic rings. The molecule has 4 saturated heterocycles. The summed E-state index contributed by atoms with van der Waals surface area (Å²) >= 11 is 0. The lowest BCUT2D eigenvalue weighted by Gasteiger charge is -2.35. The number of aliphatic hydroxyl groups excluding tert-OH is 5. The minimum atomic E-state index is -1.40. The van der Waals surface area contributed by atoms with E-state index in [1.54, 1.807) is 0 Å². The molecule has 9 N–H and O–H groups in total. The van der Waals surface area contributed by atoms with E-state index in [2.05, 4.69) is 59.2 Å². The Bertz CT molecular complexity index is 3120. The first kappa shape index (κ1) is 79.9. The SMILES string of the molecule is CC(=O)NC1COC(CO)C[C@H]1OCc1ccccc1.CC(=O)NC1COC(CO)C[C@H]1OCc1ccccc1.O=C(O)C1C[C@@H](OCc2ccccc2)C(O)CO1.O=C(O)C1OCC(O)[C@H](OCc2ccccc2)[C@@H]1O.c1ccc(COCC2CCC[C@H](OCc3ccccc3)C2)cc1. The zero-order valence-electron chi connectivity index (χ0n) is 57.0. The third-order valence-corrected chi connectivity index (χ3v) is 17.2. The van der Waals surface area contributed by atoms with Crippen LogP contribution in [0.1, 0.15) is 92.2 Å². The quantitative estimate of drug-likeness (QED) is 0.0272. The molecule has 6 aromatic rings. The molecule has 6 aromatic carbocycles. The first-order valence-electron chi connectivity index (χ1n) is 34.1. The van der Waals surface area contributed by atoms with Crippen molar-refractivity contribution in [2.45, 2.75) is 184 Å². The van der Waals surface area contributed by atoms with Crippen molar-refractivity contribution in [1.29, 1.82) is 0 Å². The van der Waals surface area contributed by atoms with E-state index in [0.717, 1.165) is 41.9 Å². The summed E-state index contributed by atoms with van der Waals surface area (Å²) < 4.78 is 55.7. The van der Waals surface area contributed by atoms with E-state index < -0.39 is 54.7 Å². The summed E-state index contributed by atoms with van der Waals surface area (Å²) in [5.74, 6) is -1.86. The molecule has 4 aliphatic heterocycles. The molecule has 544 valence electrons. The van der Waals surface area contributed by atoms with Crippen LogP contribution >= 0.6 is 0 Å². The van der Waals surface area contributed by atoms with E-state index in [9.17, 15) is 44.7 Å². The molecule has 0 spiro atoms. The molecular weight excluding hydrogens is 1290 g/mol. The van der Waals surface area contributed by atoms with Gasteiger partial charge in [-0.2, -0.15) is 0 Å². The van der Waals surface area contributed by atoms with Crippen LogP contribution in [0, 0.1) is 5.92 Å². The molecule has 4 heterocycles. The molecule has 0 bridgehead atoms. The highest BCUT2D eigenvalue weighted by molar-refractivity contribution is 5.74. The largest absolute Gasteiger partial charge is 0.479 e. The van der Waals surface area contributed by atoms with Gasteiger partial charge in [-0.3, -0.25) is 9.59 Å². The van der Waals surface area contributed by atoms with Crippen LogP contribution in [0.4, 0.5) is 0 Å². The van der Waals surface area contributed by atoms with Gasteiger partial charge in [-0.05, 0) is 58.6 Å². The lowest BCUT2D eigenvalue weighted by Crippen LogP contribution is -2.56. The lowest BCUT2D eigenvalue weighted by molar-refractivity contribution is -0.215. The number of carbonyl (C=O) groups excluding carboxylic acids is 2. The number of ether oxygens (including phenoxy) is 10. The number of carboxylic acid groups (broad SMARTS) is 2. The number of amides is 2. The van der Waals surface area contributed by atoms with Crippen LogP contribution < -0.4 is 10.6 Å². The van der Waals surface area contributed by atoms with Gasteiger partial charge in [0.05, 0.1) is 128 Å². The fourth-order valence-electron chi connectivity index (χ4n) is 11.8. The van der Waals surface area contributed by atoms with Crippen LogP contribution in [-0.4, -0.2) is 191 Å². The molecule has 0 aromatic heterocycles. The van der Waals surface area contributed by atoms with Gasteiger partial charge in [0.15, 0.2) is 12.2 Å². The Labute approximate surface area is 585 Å². The zero-order chi connectivity index (χ0) is 71.3. The van der Waals surface area contributed by atoms with Gasteiger partial charge in [0, 0.05) is 39.7 Å². The van der Waals surface area contributed by atoms with E-state index in [0.29, 0.717) is 64.5 Å². The van der Waals surface area contributed by atoms with Crippen LogP contribution in [0.15, 0.2) is 182 Å². The number of rotatable bonds is 25. The average Bonchev–Trinajstić information content (AvgIpc) is 0.837. The summed E-state index contributed by atoms with van der Waals surface area (Å²) in [5.41, 5.74) is 6.54. The molecule has 5 fully saturated rings. The van der Waals surface area contributed by atoms with E-state index in [1.165, 1.54) is 44.2 Å². The number of aliphatic carboxylic acids is 2. The molecule has 11 rings (SSSR count). The molecule has 1 saturated carbocycles. The fourth-order valence-corrected chi connectivity index (χ4v) is 11.8. The number of nitrogens with one attached hydrogen (secondary N) is 2. The minimum Gasteiger partial charge on any atom is -0.479 e. The van der Waals surface area contributed by atoms with Crippen LogP contribution in [0.5, 0.6) is 0 Å². The van der Waals surface area contributed by atoms with Crippen molar-refractivity contribution in [2.24, 2.45) is 5.92 Å². The summed E-state index contributed by atoms with van der Waals surface area (Å²) in [6.07, 6.45) is -1.17. The van der Waals surface area contributed by atoms with Crippen molar-refractivity contribution in [3.8, 4) is 0 Å². The third-order valence-electron chi connectivity index (χ3n) is 17.2. The third kappa shape index (κ3) is 29.3. The molecule has 23 nitrogen and oxygen atoms in total. The van der Waals surface area contributed by atoms with Crippen LogP contribution in [0.3, 0.4) is 0 Å². The maximum Gasteiger partial charge on any atom is 0.335 e. The van der Waals surface area contributed by atoms with Crippen molar-refractivity contribution in [3.05, 3.63) is 215 Å². The van der Waals surface area contributed by atoms with Crippen molar-refractivity contribution in [1.82, 2.24) is 10.6 Å². The highest BCUT2D eigenvalue weighted by Crippen LogP contribution is 2.29. The zero-order valence-corrected chi connectivity index (χ0v) is 57.0. The summed E-state index contributed by atoms with van der Waals surface area (Å²) in [5, 5.41) is 71.1. The maximum absolute atomic E-state index is 11.2. The highest BCUT2D eigenvalue weighted by Gasteiger charge is 2.43. The monoisotopic (exact) mass is 1390 g/mol. The van der Waals surface area contributed by atoms with Gasteiger partial charge in [0.1, 0.15) is 24.4 Å². The van der Waals surface area contributed by atoms with Gasteiger partial charge in [-0.15, -0.1) is 0 Å². The van der Waals surface area contributed by atoms with Crippen molar-refractivity contribution < 1.29 is 102 Å². The van der Waals surface area contributed by atoms with Gasteiger partial charge < -0.3 is 93.7 Å². The summed E-state index contributed by atoms with van der Waals surface area (Å²) in [6, 6.07) is 59.0. The predicted octanol–water partition coefficient (Wildman–Crippen LogP) is 7.28. The summed E-state index contributed by atoms with van der Waals surface area (Å²) in [4.78, 5) is 44.1. The Hall–Kier alpha value is -7.40. The van der Waals surface area contributed by atoms with Crippen LogP contribution in [-0.2, 0) is 106 Å². The summed E-state index contributed by atoms with van der Waals surface area (Å²) in [6.45, 7) is 7.25. The first-order valence-corrected chi connectivity index (χ1v) is 34.1. The topological polar surface area (TPSA) is 326 Å². The molecule has 2 amide bonds. The lowest BCUT2D eigenvalue weighted by atomic mass is 9.88. The molecular formula is C77H100N2O21. The van der Waals surface area contributed by atoms with E-state index in [4.69, 9.17) is 57.6 Å².